The first kappa shape index (κ1) is 38.1. The van der Waals surface area contributed by atoms with Crippen molar-refractivity contribution in [1.82, 2.24) is 4.90 Å². The number of benzene rings is 2. The Balaban J connectivity index is 0.00000486. The van der Waals surface area contributed by atoms with E-state index in [-0.39, 0.29) is 64.7 Å². The van der Waals surface area contributed by atoms with Gasteiger partial charge in [0.2, 0.25) is 5.78 Å². The molecule has 0 radical (unpaired) electrons. The number of rotatable bonds is 9. The molecule has 13 nitrogen and oxygen atoms in total. The lowest BCUT2D eigenvalue weighted by Gasteiger charge is -2.49. The normalized spacial score (nSPS) is 29.0. The first-order valence-electron chi connectivity index (χ1n) is 16.6. The molecule has 4 unspecified atom stereocenters. The summed E-state index contributed by atoms with van der Waals surface area (Å²) in [6, 6.07) is 4.13. The number of halogens is 1. The molecule has 2 fully saturated rings. The Labute approximate surface area is 296 Å². The minimum Gasteiger partial charge on any atom is -0.507 e. The van der Waals surface area contributed by atoms with Crippen molar-refractivity contribution in [3.05, 3.63) is 51.6 Å². The summed E-state index contributed by atoms with van der Waals surface area (Å²) < 4.78 is 28.9. The van der Waals surface area contributed by atoms with E-state index in [4.69, 9.17) is 23.7 Å². The molecule has 274 valence electrons. The molecular formula is C36H46ClNO12. The van der Waals surface area contributed by atoms with Crippen LogP contribution in [-0.2, 0) is 30.2 Å². The lowest BCUT2D eigenvalue weighted by Crippen LogP contribution is -2.58. The fourth-order valence-corrected chi connectivity index (χ4v) is 8.24. The second kappa shape index (κ2) is 14.5. The van der Waals surface area contributed by atoms with E-state index in [1.807, 2.05) is 0 Å². The molecule has 4 aliphatic rings. The van der Waals surface area contributed by atoms with Gasteiger partial charge in [-0.05, 0) is 45.8 Å². The van der Waals surface area contributed by atoms with Crippen LogP contribution >= 0.6 is 12.4 Å². The van der Waals surface area contributed by atoms with E-state index in [0.29, 0.717) is 26.3 Å². The molecule has 2 aromatic carbocycles. The van der Waals surface area contributed by atoms with Gasteiger partial charge in [0.1, 0.15) is 22.8 Å². The predicted molar refractivity (Wildman–Crippen MR) is 180 cm³/mol. The number of aromatic hydroxyl groups is 2. The molecular weight excluding hydrogens is 674 g/mol. The number of carbonyl (C=O) groups is 3. The monoisotopic (exact) mass is 719 g/mol. The molecule has 50 heavy (non-hydrogen) atoms. The number of likely N-dealkylation sites (tertiary alicyclic amines) is 1. The summed E-state index contributed by atoms with van der Waals surface area (Å²) in [6.45, 7) is 5.40. The molecule has 14 heteroatoms. The zero-order valence-corrected chi connectivity index (χ0v) is 29.7. The van der Waals surface area contributed by atoms with Gasteiger partial charge in [0.25, 0.3) is 0 Å². The van der Waals surface area contributed by atoms with Gasteiger partial charge < -0.3 is 44.1 Å². The molecule has 6 rings (SSSR count). The number of ketones is 3. The summed E-state index contributed by atoms with van der Waals surface area (Å²) in [5.74, 6) is -3.11. The van der Waals surface area contributed by atoms with Crippen molar-refractivity contribution in [2.24, 2.45) is 5.41 Å². The number of hydrogen-bond acceptors (Lipinski definition) is 13. The van der Waals surface area contributed by atoms with Crippen LogP contribution in [-0.4, -0.2) is 120 Å². The number of aliphatic hydroxyl groups is 2. The highest BCUT2D eigenvalue weighted by atomic mass is 35.5. The third-order valence-corrected chi connectivity index (χ3v) is 11.0. The van der Waals surface area contributed by atoms with Crippen molar-refractivity contribution in [3.63, 3.8) is 0 Å². The first-order chi connectivity index (χ1) is 23.3. The largest absolute Gasteiger partial charge is 0.507 e. The topological polar surface area (TPSA) is 182 Å². The van der Waals surface area contributed by atoms with E-state index in [2.05, 4.69) is 4.90 Å². The number of ether oxygens (including phenoxy) is 5. The van der Waals surface area contributed by atoms with Gasteiger partial charge in [-0.3, -0.25) is 19.3 Å². The van der Waals surface area contributed by atoms with Gasteiger partial charge in [0, 0.05) is 61.6 Å². The average Bonchev–Trinajstić information content (AvgIpc) is 3.07. The molecule has 2 saturated heterocycles. The molecule has 2 heterocycles. The highest BCUT2D eigenvalue weighted by Gasteiger charge is 2.50. The predicted octanol–water partition coefficient (Wildman–Crippen LogP) is 2.87. The van der Waals surface area contributed by atoms with Crippen LogP contribution in [0.2, 0.25) is 0 Å². The molecule has 0 aromatic heterocycles. The first-order valence-corrected chi connectivity index (χ1v) is 16.6. The van der Waals surface area contributed by atoms with Crippen molar-refractivity contribution in [2.75, 3.05) is 47.6 Å². The maximum Gasteiger partial charge on any atom is 0.202 e. The second-order valence-corrected chi connectivity index (χ2v) is 13.9. The van der Waals surface area contributed by atoms with Gasteiger partial charge in [0.15, 0.2) is 17.9 Å². The number of carbonyl (C=O) groups excluding carboxylic acids is 3. The van der Waals surface area contributed by atoms with Crippen molar-refractivity contribution in [1.29, 1.82) is 0 Å². The summed E-state index contributed by atoms with van der Waals surface area (Å²) >= 11 is 0. The van der Waals surface area contributed by atoms with Gasteiger partial charge in [-0.25, -0.2) is 0 Å². The minimum absolute atomic E-state index is 0. The number of hydrogen-bond donors (Lipinski definition) is 4. The smallest absolute Gasteiger partial charge is 0.202 e. The zero-order valence-electron chi connectivity index (χ0n) is 28.9. The number of phenols is 2. The maximum absolute atomic E-state index is 13.9. The fourth-order valence-electron chi connectivity index (χ4n) is 8.24. The maximum atomic E-state index is 13.9. The molecule has 0 amide bonds. The molecule has 4 N–H and O–H groups in total. The van der Waals surface area contributed by atoms with Crippen molar-refractivity contribution >= 4 is 29.8 Å². The summed E-state index contributed by atoms with van der Waals surface area (Å²) in [4.78, 5) is 42.7. The lowest BCUT2D eigenvalue weighted by atomic mass is 9.72. The van der Waals surface area contributed by atoms with E-state index in [1.165, 1.54) is 32.2 Å². The van der Waals surface area contributed by atoms with Gasteiger partial charge >= 0.3 is 0 Å². The second-order valence-electron chi connectivity index (χ2n) is 13.9. The molecule has 2 aromatic rings. The number of Topliss-reactive ketones (excluding diaryl/α,β-unsaturated/α-hetero) is 1. The molecule has 2 aliphatic carbocycles. The summed E-state index contributed by atoms with van der Waals surface area (Å²) in [7, 11) is 4.70. The van der Waals surface area contributed by atoms with Gasteiger partial charge in [-0.1, -0.05) is 12.1 Å². The number of phenolic OH excluding ortho intramolecular Hbond substituents is 2. The third-order valence-electron chi connectivity index (χ3n) is 11.0. The van der Waals surface area contributed by atoms with E-state index >= 15 is 0 Å². The number of aliphatic hydroxyl groups excluding tert-OH is 1. The molecule has 0 saturated carbocycles. The van der Waals surface area contributed by atoms with Crippen molar-refractivity contribution < 1.29 is 58.5 Å². The minimum atomic E-state index is -2.02. The average molecular weight is 720 g/mol. The van der Waals surface area contributed by atoms with Crippen molar-refractivity contribution in [2.45, 2.75) is 82.2 Å². The summed E-state index contributed by atoms with van der Waals surface area (Å²) in [5, 5.41) is 46.2. The molecule has 0 bridgehead atoms. The zero-order chi connectivity index (χ0) is 35.4. The Morgan fingerprint density at radius 1 is 1.00 bits per heavy atom. The summed E-state index contributed by atoms with van der Waals surface area (Å²) in [5.41, 5.74) is -3.11. The van der Waals surface area contributed by atoms with Crippen LogP contribution < -0.4 is 4.74 Å². The Morgan fingerprint density at radius 2 is 1.64 bits per heavy atom. The molecule has 2 aliphatic heterocycles. The molecule has 0 spiro atoms. The Kier molecular flexibility index (Phi) is 11.0. The van der Waals surface area contributed by atoms with E-state index < -0.39 is 76.6 Å². The Hall–Kier alpha value is -3.14. The van der Waals surface area contributed by atoms with Crippen LogP contribution in [0, 0.1) is 5.41 Å². The van der Waals surface area contributed by atoms with Crippen LogP contribution in [0.1, 0.15) is 88.6 Å². The standard InChI is InChI=1S/C36H45NO12.ClH/c1-18-30(39)22(37-11-9-35(10-12-37,16-45-3)17-46-4)13-25(48-18)49-24-15-36(44,19(2)38)14-21-27(24)34(43)29-28(32(21)41)31(40)20-7-6-8-23(47-5)26(20)33(29)42;/h6-8,18,22,24-25,30,39,41,43-44H,9-17H2,1-5H3;1H/t18?,22?,24-,25?,30?,36-;/m0./s1. The van der Waals surface area contributed by atoms with Crippen LogP contribution in [0.3, 0.4) is 0 Å². The van der Waals surface area contributed by atoms with Gasteiger partial charge in [-0.2, -0.15) is 0 Å². The van der Waals surface area contributed by atoms with Crippen LogP contribution in [0.4, 0.5) is 0 Å². The van der Waals surface area contributed by atoms with Crippen molar-refractivity contribution in [3.8, 4) is 17.2 Å². The summed E-state index contributed by atoms with van der Waals surface area (Å²) in [6.07, 6.45) is -2.62. The van der Waals surface area contributed by atoms with Gasteiger partial charge in [0.05, 0.1) is 55.3 Å². The highest BCUT2D eigenvalue weighted by Crippen LogP contribution is 2.52. The quantitative estimate of drug-likeness (QED) is 0.237. The SMILES string of the molecule is COCC1(COC)CCN(C2CC(O[C@H]3C[C@](O)(C(C)=O)Cc4c(O)c5c(c(O)c43)C(=O)c3c(OC)cccc3C5=O)OC(C)C2O)CC1.Cl. The number of nitrogens with zero attached hydrogens (tertiary/aromatic N) is 1. The van der Waals surface area contributed by atoms with E-state index in [0.717, 1.165) is 12.8 Å². The van der Waals surface area contributed by atoms with Gasteiger partial charge in [-0.15, -0.1) is 12.4 Å². The van der Waals surface area contributed by atoms with E-state index in [9.17, 15) is 34.8 Å². The Morgan fingerprint density at radius 3 is 2.24 bits per heavy atom. The third kappa shape index (κ3) is 6.32. The number of fused-ring (bicyclic) bond motifs is 3. The van der Waals surface area contributed by atoms with E-state index in [1.54, 1.807) is 21.1 Å². The van der Waals surface area contributed by atoms with Crippen LogP contribution in [0.5, 0.6) is 17.2 Å². The van der Waals surface area contributed by atoms with Crippen LogP contribution in [0.15, 0.2) is 18.2 Å². The Bertz CT molecular complexity index is 1650. The molecule has 6 atom stereocenters. The number of methoxy groups -OCH3 is 3. The lowest BCUT2D eigenvalue weighted by molar-refractivity contribution is -0.260. The fraction of sp³-hybridized carbons (Fsp3) is 0.583. The highest BCUT2D eigenvalue weighted by molar-refractivity contribution is 6.31. The number of piperidine rings is 1. The van der Waals surface area contributed by atoms with Crippen LogP contribution in [0.25, 0.3) is 0 Å².